The summed E-state index contributed by atoms with van der Waals surface area (Å²) in [7, 11) is 0. The quantitative estimate of drug-likeness (QED) is 0.156. The average molecular weight is 509 g/mol. The minimum Gasteiger partial charge on any atom is -0.508 e. The molecule has 2 amide bonds. The molecule has 1 saturated heterocycles. The van der Waals surface area contributed by atoms with Crippen LogP contribution in [0.5, 0.6) is 5.75 Å². The van der Waals surface area contributed by atoms with Crippen LogP contribution in [0.2, 0.25) is 0 Å². The second kappa shape index (κ2) is 13.1. The number of phenols is 1. The lowest BCUT2D eigenvalue weighted by Crippen LogP contribution is -2.52. The van der Waals surface area contributed by atoms with Crippen LogP contribution in [0.15, 0.2) is 54.6 Å². The molecule has 0 aliphatic carbocycles. The number of rotatable bonds is 11. The first kappa shape index (κ1) is 28.0. The fourth-order valence-corrected chi connectivity index (χ4v) is 4.53. The molecule has 1 heterocycles. The first-order valence-electron chi connectivity index (χ1n) is 12.9. The zero-order valence-corrected chi connectivity index (χ0v) is 21.8. The highest BCUT2D eigenvalue weighted by molar-refractivity contribution is 5.90. The van der Waals surface area contributed by atoms with E-state index in [1.54, 1.807) is 24.3 Å². The predicted molar refractivity (Wildman–Crippen MR) is 145 cm³/mol. The molecule has 0 bridgehead atoms. The van der Waals surface area contributed by atoms with E-state index in [2.05, 4.69) is 34.7 Å². The number of amides is 2. The van der Waals surface area contributed by atoms with Crippen molar-refractivity contribution in [2.75, 3.05) is 19.6 Å². The van der Waals surface area contributed by atoms with E-state index < -0.39 is 12.1 Å². The number of aromatic hydroxyl groups is 1. The highest BCUT2D eigenvalue weighted by Gasteiger charge is 2.35. The maximum Gasteiger partial charge on any atom is 0.242 e. The SMILES string of the molecule is CC1(C)CCN(C(C(=O)N[C@H](CCCNC(=N)N)C(=O)NCc2ccc(O)cc2)c2ccccc2)CC1. The fraction of sp³-hybridized carbons (Fsp3) is 0.464. The van der Waals surface area contributed by atoms with Crippen LogP contribution in [0.1, 0.15) is 56.7 Å². The van der Waals surface area contributed by atoms with E-state index in [9.17, 15) is 14.7 Å². The van der Waals surface area contributed by atoms with Gasteiger partial charge in [0.15, 0.2) is 5.96 Å². The summed E-state index contributed by atoms with van der Waals surface area (Å²) in [6.45, 7) is 6.83. The van der Waals surface area contributed by atoms with Gasteiger partial charge in [-0.1, -0.05) is 56.3 Å². The molecule has 0 spiro atoms. The Hall–Kier alpha value is -3.59. The number of hydrogen-bond donors (Lipinski definition) is 6. The van der Waals surface area contributed by atoms with E-state index in [0.29, 0.717) is 19.4 Å². The molecule has 1 aliphatic heterocycles. The summed E-state index contributed by atoms with van der Waals surface area (Å²) in [6.07, 6.45) is 2.93. The lowest BCUT2D eigenvalue weighted by Gasteiger charge is -2.40. The molecule has 1 unspecified atom stereocenters. The van der Waals surface area contributed by atoms with Crippen molar-refractivity contribution < 1.29 is 14.7 Å². The van der Waals surface area contributed by atoms with E-state index in [4.69, 9.17) is 11.1 Å². The number of carbonyl (C=O) groups is 2. The first-order valence-corrected chi connectivity index (χ1v) is 12.9. The molecular formula is C28H40N6O3. The third kappa shape index (κ3) is 8.78. The molecule has 9 heteroatoms. The van der Waals surface area contributed by atoms with Crippen molar-refractivity contribution in [1.29, 1.82) is 5.41 Å². The number of carbonyl (C=O) groups excluding carboxylic acids is 2. The number of nitrogens with two attached hydrogens (primary N) is 1. The first-order chi connectivity index (χ1) is 17.6. The number of phenolic OH excluding ortho intramolecular Hbond substituents is 1. The maximum atomic E-state index is 13.7. The Labute approximate surface area is 219 Å². The predicted octanol–water partition coefficient (Wildman–Crippen LogP) is 2.62. The molecule has 0 aromatic heterocycles. The molecule has 0 saturated carbocycles. The fourth-order valence-electron chi connectivity index (χ4n) is 4.53. The van der Waals surface area contributed by atoms with Crippen molar-refractivity contribution in [3.63, 3.8) is 0 Å². The maximum absolute atomic E-state index is 13.7. The van der Waals surface area contributed by atoms with E-state index in [0.717, 1.165) is 37.1 Å². The van der Waals surface area contributed by atoms with E-state index >= 15 is 0 Å². The topological polar surface area (TPSA) is 144 Å². The molecule has 2 aromatic carbocycles. The second-order valence-corrected chi connectivity index (χ2v) is 10.4. The normalized spacial score (nSPS) is 16.8. The highest BCUT2D eigenvalue weighted by Crippen LogP contribution is 2.34. The molecular weight excluding hydrogens is 468 g/mol. The number of piperidine rings is 1. The molecule has 1 fully saturated rings. The van der Waals surface area contributed by atoms with Gasteiger partial charge >= 0.3 is 0 Å². The van der Waals surface area contributed by atoms with Crippen LogP contribution in [0.25, 0.3) is 0 Å². The summed E-state index contributed by atoms with van der Waals surface area (Å²) in [4.78, 5) is 29.1. The van der Waals surface area contributed by atoms with Crippen LogP contribution in [-0.4, -0.2) is 53.5 Å². The van der Waals surface area contributed by atoms with Crippen LogP contribution < -0.4 is 21.7 Å². The van der Waals surface area contributed by atoms with E-state index in [1.165, 1.54) is 0 Å². The van der Waals surface area contributed by atoms with Crippen molar-refractivity contribution in [3.8, 4) is 5.75 Å². The summed E-state index contributed by atoms with van der Waals surface area (Å²) in [5.74, 6) is -0.452. The summed E-state index contributed by atoms with van der Waals surface area (Å²) < 4.78 is 0. The summed E-state index contributed by atoms with van der Waals surface area (Å²) in [5.41, 5.74) is 7.37. The third-order valence-electron chi connectivity index (χ3n) is 6.90. The molecule has 0 radical (unpaired) electrons. The van der Waals surface area contributed by atoms with Crippen molar-refractivity contribution >= 4 is 17.8 Å². The molecule has 37 heavy (non-hydrogen) atoms. The van der Waals surface area contributed by atoms with Crippen LogP contribution in [0.3, 0.4) is 0 Å². The lowest BCUT2D eigenvalue weighted by atomic mass is 9.82. The Balaban J connectivity index is 1.73. The van der Waals surface area contributed by atoms with Crippen LogP contribution in [-0.2, 0) is 16.1 Å². The summed E-state index contributed by atoms with van der Waals surface area (Å²) >= 11 is 0. The Kier molecular flexibility index (Phi) is 9.91. The van der Waals surface area contributed by atoms with Crippen molar-refractivity contribution in [3.05, 3.63) is 65.7 Å². The molecule has 7 N–H and O–H groups in total. The Morgan fingerprint density at radius 2 is 1.68 bits per heavy atom. The van der Waals surface area contributed by atoms with Gasteiger partial charge < -0.3 is 26.8 Å². The van der Waals surface area contributed by atoms with Crippen molar-refractivity contribution in [2.45, 2.75) is 58.2 Å². The standard InChI is InChI=1S/C28H40N6O3/c1-28(2)14-17-34(18-15-28)24(21-7-4-3-5-8-21)26(37)33-23(9-6-16-31-27(29)30)25(36)32-19-20-10-12-22(35)13-11-20/h3-5,7-8,10-13,23-24,35H,6,9,14-19H2,1-2H3,(H,32,36)(H,33,37)(H4,29,30,31)/t23-,24?/m1/s1. The van der Waals surface area contributed by atoms with Gasteiger partial charge in [0.25, 0.3) is 0 Å². The minimum absolute atomic E-state index is 0.130. The number of nitrogens with one attached hydrogen (secondary N) is 4. The zero-order valence-electron chi connectivity index (χ0n) is 21.8. The number of nitrogens with zero attached hydrogens (tertiary/aromatic N) is 1. The molecule has 3 rings (SSSR count). The van der Waals surface area contributed by atoms with Crippen LogP contribution >= 0.6 is 0 Å². The molecule has 9 nitrogen and oxygen atoms in total. The monoisotopic (exact) mass is 508 g/mol. The van der Waals surface area contributed by atoms with Gasteiger partial charge in [0, 0.05) is 13.1 Å². The van der Waals surface area contributed by atoms with Gasteiger partial charge in [-0.15, -0.1) is 0 Å². The van der Waals surface area contributed by atoms with E-state index in [-0.39, 0.29) is 35.5 Å². The Morgan fingerprint density at radius 1 is 1.03 bits per heavy atom. The molecule has 2 atom stereocenters. The van der Waals surface area contributed by atoms with Gasteiger partial charge in [0.1, 0.15) is 17.8 Å². The van der Waals surface area contributed by atoms with E-state index in [1.807, 2.05) is 30.3 Å². The van der Waals surface area contributed by atoms with Crippen molar-refractivity contribution in [2.24, 2.45) is 11.1 Å². The minimum atomic E-state index is -0.745. The summed E-state index contributed by atoms with van der Waals surface area (Å²) in [6, 6.07) is 15.1. The Bertz CT molecular complexity index is 1030. The number of hydrogen-bond acceptors (Lipinski definition) is 5. The van der Waals surface area contributed by atoms with Gasteiger partial charge in [-0.3, -0.25) is 19.9 Å². The number of benzene rings is 2. The van der Waals surface area contributed by atoms with Gasteiger partial charge in [0.05, 0.1) is 0 Å². The number of likely N-dealkylation sites (tertiary alicyclic amines) is 1. The van der Waals surface area contributed by atoms with Crippen LogP contribution in [0, 0.1) is 10.8 Å². The molecule has 200 valence electrons. The summed E-state index contributed by atoms with van der Waals surface area (Å²) in [5, 5.41) is 25.5. The Morgan fingerprint density at radius 3 is 2.30 bits per heavy atom. The second-order valence-electron chi connectivity index (χ2n) is 10.4. The van der Waals surface area contributed by atoms with Gasteiger partial charge in [-0.2, -0.15) is 0 Å². The van der Waals surface area contributed by atoms with Crippen molar-refractivity contribution in [1.82, 2.24) is 20.9 Å². The lowest BCUT2D eigenvalue weighted by molar-refractivity contribution is -0.133. The van der Waals surface area contributed by atoms with Gasteiger partial charge in [0.2, 0.25) is 11.8 Å². The zero-order chi connectivity index (χ0) is 26.8. The molecule has 1 aliphatic rings. The van der Waals surface area contributed by atoms with Gasteiger partial charge in [-0.05, 0) is 67.4 Å². The van der Waals surface area contributed by atoms with Crippen LogP contribution in [0.4, 0.5) is 0 Å². The largest absolute Gasteiger partial charge is 0.508 e. The average Bonchev–Trinajstić information content (AvgIpc) is 2.87. The molecule has 2 aromatic rings. The van der Waals surface area contributed by atoms with Gasteiger partial charge in [-0.25, -0.2) is 0 Å². The highest BCUT2D eigenvalue weighted by atomic mass is 16.3. The third-order valence-corrected chi connectivity index (χ3v) is 6.90. The number of guanidine groups is 1. The smallest absolute Gasteiger partial charge is 0.242 e.